The molecule has 3 nitrogen and oxygen atoms in total. The lowest BCUT2D eigenvalue weighted by molar-refractivity contribution is -0.130. The van der Waals surface area contributed by atoms with E-state index in [9.17, 15) is 4.79 Å². The molecule has 1 aliphatic heterocycles. The van der Waals surface area contributed by atoms with Gasteiger partial charge in [0.15, 0.2) is 0 Å². The van der Waals surface area contributed by atoms with Crippen molar-refractivity contribution in [2.75, 3.05) is 19.6 Å². The fraction of sp³-hybridized carbons (Fsp3) is 0.875. The quantitative estimate of drug-likeness (QED) is 0.562. The highest BCUT2D eigenvalue weighted by atomic mass is 16.2. The molecule has 1 heterocycles. The molecule has 1 unspecified atom stereocenters. The van der Waals surface area contributed by atoms with Gasteiger partial charge in [0.2, 0.25) is 5.91 Å². The number of amides is 1. The summed E-state index contributed by atoms with van der Waals surface area (Å²) in [6, 6.07) is 0.387. The molecule has 3 heteroatoms. The molecule has 0 aromatic carbocycles. The minimum Gasteiger partial charge on any atom is -0.339 e. The van der Waals surface area contributed by atoms with Gasteiger partial charge < -0.3 is 4.90 Å². The van der Waals surface area contributed by atoms with E-state index in [1.807, 2.05) is 11.8 Å². The van der Waals surface area contributed by atoms with Crippen LogP contribution in [0.5, 0.6) is 0 Å². The van der Waals surface area contributed by atoms with Crippen molar-refractivity contribution in [3.05, 3.63) is 0 Å². The van der Waals surface area contributed by atoms with Gasteiger partial charge in [-0.15, -0.1) is 0 Å². The number of carbonyl (C=O) groups is 1. The van der Waals surface area contributed by atoms with Crippen LogP contribution in [0.25, 0.3) is 0 Å². The second-order valence-electron chi connectivity index (χ2n) is 2.88. The van der Waals surface area contributed by atoms with Gasteiger partial charge in [0.05, 0.1) is 0 Å². The summed E-state index contributed by atoms with van der Waals surface area (Å²) in [7, 11) is 0. The molecule has 0 aromatic rings. The topological polar surface area (TPSA) is 34.4 Å². The molecule has 0 N–H and O–H groups in total. The fourth-order valence-electron chi connectivity index (χ4n) is 1.56. The summed E-state index contributed by atoms with van der Waals surface area (Å²) in [5, 5.41) is 4.22. The molecule has 0 bridgehead atoms. The first-order valence-corrected chi connectivity index (χ1v) is 4.16. The lowest BCUT2D eigenvalue weighted by Crippen LogP contribution is -2.39. The van der Waals surface area contributed by atoms with E-state index in [2.05, 4.69) is 5.32 Å². The Balaban J connectivity index is 2.46. The van der Waals surface area contributed by atoms with Crippen molar-refractivity contribution < 1.29 is 4.79 Å². The predicted molar refractivity (Wildman–Crippen MR) is 43.3 cm³/mol. The summed E-state index contributed by atoms with van der Waals surface area (Å²) in [6.07, 6.45) is 1.05. The second-order valence-corrected chi connectivity index (χ2v) is 2.88. The molecule has 0 aromatic heterocycles. The first-order valence-electron chi connectivity index (χ1n) is 4.16. The zero-order valence-corrected chi connectivity index (χ0v) is 7.21. The fourth-order valence-corrected chi connectivity index (χ4v) is 1.56. The largest absolute Gasteiger partial charge is 0.339 e. The van der Waals surface area contributed by atoms with Gasteiger partial charge in [-0.2, -0.15) is 0 Å². The Morgan fingerprint density at radius 2 is 2.45 bits per heavy atom. The van der Waals surface area contributed by atoms with Crippen LogP contribution in [-0.2, 0) is 4.79 Å². The van der Waals surface area contributed by atoms with Crippen molar-refractivity contribution in [1.29, 1.82) is 0 Å². The smallest absolute Gasteiger partial charge is 0.219 e. The molecule has 1 saturated heterocycles. The maximum absolute atomic E-state index is 11.0. The van der Waals surface area contributed by atoms with Gasteiger partial charge in [-0.05, 0) is 13.3 Å². The highest BCUT2D eigenvalue weighted by Gasteiger charge is 2.23. The molecule has 0 saturated carbocycles. The Hall–Kier alpha value is -0.570. The molecule has 1 fully saturated rings. The van der Waals surface area contributed by atoms with E-state index in [-0.39, 0.29) is 5.91 Å². The zero-order valence-electron chi connectivity index (χ0n) is 7.21. The standard InChI is InChI=1S/C8H15N2O/c1-3-10(7(2)11)8-4-5-9-6-8/h8H,3-6H2,1-2H3. The number of hydrogen-bond acceptors (Lipinski definition) is 1. The van der Waals surface area contributed by atoms with Crippen LogP contribution >= 0.6 is 0 Å². The average Bonchev–Trinajstić information content (AvgIpc) is 2.40. The van der Waals surface area contributed by atoms with Crippen molar-refractivity contribution >= 4 is 5.91 Å². The number of likely N-dealkylation sites (N-methyl/N-ethyl adjacent to an activating group) is 1. The van der Waals surface area contributed by atoms with Crippen LogP contribution in [-0.4, -0.2) is 36.5 Å². The minimum absolute atomic E-state index is 0.176. The number of hydrogen-bond donors (Lipinski definition) is 0. The molecule has 63 valence electrons. The Kier molecular flexibility index (Phi) is 2.88. The Morgan fingerprint density at radius 1 is 1.73 bits per heavy atom. The maximum atomic E-state index is 11.0. The van der Waals surface area contributed by atoms with E-state index in [1.165, 1.54) is 0 Å². The summed E-state index contributed by atoms with van der Waals surface area (Å²) >= 11 is 0. The molecular formula is C8H15N2O. The van der Waals surface area contributed by atoms with E-state index >= 15 is 0 Å². The lowest BCUT2D eigenvalue weighted by atomic mass is 10.2. The first-order chi connectivity index (χ1) is 5.25. The van der Waals surface area contributed by atoms with Gasteiger partial charge in [0.1, 0.15) is 0 Å². The van der Waals surface area contributed by atoms with Crippen LogP contribution in [0.1, 0.15) is 20.3 Å². The van der Waals surface area contributed by atoms with E-state index in [0.29, 0.717) is 6.04 Å². The predicted octanol–water partition coefficient (Wildman–Crippen LogP) is 0.231. The van der Waals surface area contributed by atoms with Crippen LogP contribution in [0.3, 0.4) is 0 Å². The summed E-state index contributed by atoms with van der Waals surface area (Å²) in [4.78, 5) is 12.9. The van der Waals surface area contributed by atoms with Crippen molar-refractivity contribution in [3.8, 4) is 0 Å². The molecule has 1 aliphatic rings. The Morgan fingerprint density at radius 3 is 2.82 bits per heavy atom. The van der Waals surface area contributed by atoms with Gasteiger partial charge in [-0.1, -0.05) is 0 Å². The van der Waals surface area contributed by atoms with Crippen molar-refractivity contribution in [2.45, 2.75) is 26.3 Å². The third-order valence-electron chi connectivity index (χ3n) is 2.15. The highest BCUT2D eigenvalue weighted by Crippen LogP contribution is 2.08. The van der Waals surface area contributed by atoms with E-state index in [1.54, 1.807) is 6.92 Å². The van der Waals surface area contributed by atoms with Crippen LogP contribution < -0.4 is 5.32 Å². The molecule has 0 aliphatic carbocycles. The highest BCUT2D eigenvalue weighted by molar-refractivity contribution is 5.73. The van der Waals surface area contributed by atoms with Gasteiger partial charge in [-0.3, -0.25) is 4.79 Å². The van der Waals surface area contributed by atoms with Crippen molar-refractivity contribution in [3.63, 3.8) is 0 Å². The molecule has 1 amide bonds. The third-order valence-corrected chi connectivity index (χ3v) is 2.15. The normalized spacial score (nSPS) is 23.6. The Bertz CT molecular complexity index is 141. The summed E-state index contributed by atoms with van der Waals surface area (Å²) < 4.78 is 0. The molecular weight excluding hydrogens is 140 g/mol. The van der Waals surface area contributed by atoms with E-state index < -0.39 is 0 Å². The molecule has 0 spiro atoms. The van der Waals surface area contributed by atoms with Crippen molar-refractivity contribution in [2.24, 2.45) is 0 Å². The second kappa shape index (κ2) is 3.72. The number of carbonyl (C=O) groups excluding carboxylic acids is 1. The summed E-state index contributed by atoms with van der Waals surface area (Å²) in [5.74, 6) is 0.176. The van der Waals surface area contributed by atoms with Crippen LogP contribution in [0.2, 0.25) is 0 Å². The number of nitrogens with zero attached hydrogens (tertiary/aromatic N) is 2. The van der Waals surface area contributed by atoms with Gasteiger partial charge in [0.25, 0.3) is 0 Å². The Labute approximate surface area is 67.8 Å². The van der Waals surface area contributed by atoms with E-state index in [4.69, 9.17) is 0 Å². The number of rotatable bonds is 2. The third kappa shape index (κ3) is 1.93. The van der Waals surface area contributed by atoms with Crippen LogP contribution in [0.4, 0.5) is 0 Å². The van der Waals surface area contributed by atoms with E-state index in [0.717, 1.165) is 26.1 Å². The van der Waals surface area contributed by atoms with Gasteiger partial charge >= 0.3 is 0 Å². The minimum atomic E-state index is 0.176. The summed E-state index contributed by atoms with van der Waals surface area (Å²) in [6.45, 7) is 6.22. The van der Waals surface area contributed by atoms with Gasteiger partial charge in [-0.25, -0.2) is 5.32 Å². The maximum Gasteiger partial charge on any atom is 0.219 e. The van der Waals surface area contributed by atoms with Crippen molar-refractivity contribution in [1.82, 2.24) is 10.2 Å². The monoisotopic (exact) mass is 155 g/mol. The van der Waals surface area contributed by atoms with Gasteiger partial charge in [0, 0.05) is 32.6 Å². The van der Waals surface area contributed by atoms with Crippen LogP contribution in [0, 0.1) is 0 Å². The average molecular weight is 155 g/mol. The molecule has 1 radical (unpaired) electrons. The molecule has 1 rings (SSSR count). The first kappa shape index (κ1) is 8.53. The van der Waals surface area contributed by atoms with Crippen LogP contribution in [0.15, 0.2) is 0 Å². The summed E-state index contributed by atoms with van der Waals surface area (Å²) in [5.41, 5.74) is 0. The molecule has 1 atom stereocenters. The SMILES string of the molecule is CCN(C(C)=O)C1CC[N]C1. The lowest BCUT2D eigenvalue weighted by Gasteiger charge is -2.25. The molecule has 11 heavy (non-hydrogen) atoms. The zero-order chi connectivity index (χ0) is 8.27.